The van der Waals surface area contributed by atoms with E-state index in [0.29, 0.717) is 17.7 Å². The van der Waals surface area contributed by atoms with E-state index in [1.165, 1.54) is 14.2 Å². The summed E-state index contributed by atoms with van der Waals surface area (Å²) in [5.74, 6) is -0.725. The Balaban J connectivity index is 2.90. The lowest BCUT2D eigenvalue weighted by Crippen LogP contribution is -2.22. The minimum absolute atomic E-state index is 0.00783. The maximum atomic E-state index is 11.7. The molecule has 0 fully saturated rings. The van der Waals surface area contributed by atoms with Crippen LogP contribution in [0.4, 0.5) is 0 Å². The highest BCUT2D eigenvalue weighted by Gasteiger charge is 2.15. The quantitative estimate of drug-likeness (QED) is 0.620. The van der Waals surface area contributed by atoms with E-state index in [1.54, 1.807) is 6.92 Å². The predicted octanol–water partition coefficient (Wildman–Crippen LogP) is 2.74. The zero-order valence-corrected chi connectivity index (χ0v) is 13.5. The summed E-state index contributed by atoms with van der Waals surface area (Å²) < 4.78 is 9.41. The first-order chi connectivity index (χ1) is 10.5. The van der Waals surface area contributed by atoms with Gasteiger partial charge in [0.15, 0.2) is 0 Å². The monoisotopic (exact) mass is 305 g/mol. The van der Waals surface area contributed by atoms with Crippen LogP contribution in [0.25, 0.3) is 0 Å². The van der Waals surface area contributed by atoms with Gasteiger partial charge in [0, 0.05) is 11.7 Å². The van der Waals surface area contributed by atoms with E-state index >= 15 is 0 Å². The molecule has 0 spiro atoms. The standard InChI is InChI=1S/C17H23NO4/c1-12(17(20)22-4)15(10-11-16(19)21-3)18-13(2)14-8-6-5-7-9-14/h5-9,13,18H,10-11H2,1-4H3/b15-12-/t13-/m0/s1. The molecule has 120 valence electrons. The summed E-state index contributed by atoms with van der Waals surface area (Å²) in [6.45, 7) is 3.68. The zero-order valence-electron chi connectivity index (χ0n) is 13.5. The van der Waals surface area contributed by atoms with Crippen molar-refractivity contribution in [3.05, 3.63) is 47.2 Å². The summed E-state index contributed by atoms with van der Waals surface area (Å²) in [4.78, 5) is 23.1. The van der Waals surface area contributed by atoms with Crippen LogP contribution in [0.3, 0.4) is 0 Å². The second-order valence-corrected chi connectivity index (χ2v) is 4.95. The van der Waals surface area contributed by atoms with Crippen LogP contribution < -0.4 is 5.32 Å². The van der Waals surface area contributed by atoms with Crippen molar-refractivity contribution in [3.63, 3.8) is 0 Å². The lowest BCUT2D eigenvalue weighted by molar-refractivity contribution is -0.140. The van der Waals surface area contributed by atoms with Gasteiger partial charge in [-0.2, -0.15) is 0 Å². The number of benzene rings is 1. The molecule has 1 atom stereocenters. The average Bonchev–Trinajstić information content (AvgIpc) is 2.57. The van der Waals surface area contributed by atoms with Crippen molar-refractivity contribution >= 4 is 11.9 Å². The Bertz CT molecular complexity index is 537. The van der Waals surface area contributed by atoms with Gasteiger partial charge in [-0.3, -0.25) is 4.79 Å². The Morgan fingerprint density at radius 2 is 1.73 bits per heavy atom. The van der Waals surface area contributed by atoms with Crippen LogP contribution in [0.5, 0.6) is 0 Å². The average molecular weight is 305 g/mol. The van der Waals surface area contributed by atoms with E-state index in [-0.39, 0.29) is 18.4 Å². The molecular formula is C17H23NO4. The minimum atomic E-state index is -0.410. The largest absolute Gasteiger partial charge is 0.469 e. The van der Waals surface area contributed by atoms with Crippen LogP contribution in [0, 0.1) is 0 Å². The molecule has 0 aromatic heterocycles. The number of rotatable bonds is 7. The fourth-order valence-electron chi connectivity index (χ4n) is 2.06. The van der Waals surface area contributed by atoms with Crippen LogP contribution in [0.1, 0.15) is 38.3 Å². The summed E-state index contributed by atoms with van der Waals surface area (Å²) in [7, 11) is 2.68. The Labute approximate surface area is 131 Å². The molecule has 0 aliphatic heterocycles. The van der Waals surface area contributed by atoms with Crippen molar-refractivity contribution in [1.29, 1.82) is 0 Å². The fourth-order valence-corrected chi connectivity index (χ4v) is 2.06. The van der Waals surface area contributed by atoms with E-state index in [4.69, 9.17) is 4.74 Å². The van der Waals surface area contributed by atoms with Gasteiger partial charge in [-0.1, -0.05) is 30.3 Å². The molecule has 0 bridgehead atoms. The third-order valence-electron chi connectivity index (χ3n) is 3.44. The molecule has 0 amide bonds. The SMILES string of the molecule is COC(=O)CC/C(N[C@@H](C)c1ccccc1)=C(\C)C(=O)OC. The topological polar surface area (TPSA) is 64.6 Å². The van der Waals surface area contributed by atoms with Crippen LogP contribution >= 0.6 is 0 Å². The number of nitrogens with one attached hydrogen (secondary N) is 1. The molecule has 1 N–H and O–H groups in total. The van der Waals surface area contributed by atoms with Crippen molar-refractivity contribution in [2.45, 2.75) is 32.7 Å². The number of carbonyl (C=O) groups is 2. The molecule has 0 heterocycles. The lowest BCUT2D eigenvalue weighted by atomic mass is 10.1. The zero-order chi connectivity index (χ0) is 16.5. The first kappa shape index (κ1) is 17.8. The van der Waals surface area contributed by atoms with Crippen molar-refractivity contribution in [3.8, 4) is 0 Å². The molecule has 0 aliphatic carbocycles. The van der Waals surface area contributed by atoms with Crippen LogP contribution in [0.2, 0.25) is 0 Å². The van der Waals surface area contributed by atoms with Crippen molar-refractivity contribution in [2.24, 2.45) is 0 Å². The van der Waals surface area contributed by atoms with Gasteiger partial charge < -0.3 is 14.8 Å². The smallest absolute Gasteiger partial charge is 0.335 e. The van der Waals surface area contributed by atoms with Crippen molar-refractivity contribution in [2.75, 3.05) is 14.2 Å². The molecule has 22 heavy (non-hydrogen) atoms. The van der Waals surface area contributed by atoms with E-state index in [1.807, 2.05) is 37.3 Å². The lowest BCUT2D eigenvalue weighted by Gasteiger charge is -2.20. The van der Waals surface area contributed by atoms with E-state index < -0.39 is 5.97 Å². The van der Waals surface area contributed by atoms with Gasteiger partial charge in [-0.25, -0.2) is 4.79 Å². The number of carbonyl (C=O) groups excluding carboxylic acids is 2. The fraction of sp³-hybridized carbons (Fsp3) is 0.412. The molecule has 0 saturated carbocycles. The molecule has 0 unspecified atom stereocenters. The minimum Gasteiger partial charge on any atom is -0.469 e. The molecule has 0 aliphatic rings. The maximum Gasteiger partial charge on any atom is 0.335 e. The first-order valence-electron chi connectivity index (χ1n) is 7.16. The second-order valence-electron chi connectivity index (χ2n) is 4.95. The Hall–Kier alpha value is -2.30. The van der Waals surface area contributed by atoms with Crippen LogP contribution in [-0.4, -0.2) is 26.2 Å². The van der Waals surface area contributed by atoms with Gasteiger partial charge in [-0.15, -0.1) is 0 Å². The van der Waals surface area contributed by atoms with Crippen LogP contribution in [-0.2, 0) is 19.1 Å². The van der Waals surface area contributed by atoms with Gasteiger partial charge in [-0.05, 0) is 25.8 Å². The van der Waals surface area contributed by atoms with Gasteiger partial charge in [0.2, 0.25) is 0 Å². The maximum absolute atomic E-state index is 11.7. The predicted molar refractivity (Wildman–Crippen MR) is 84.0 cm³/mol. The number of methoxy groups -OCH3 is 2. The molecule has 5 nitrogen and oxygen atoms in total. The van der Waals surface area contributed by atoms with E-state index in [2.05, 4.69) is 10.1 Å². The summed E-state index contributed by atoms with van der Waals surface area (Å²) in [5, 5.41) is 3.30. The summed E-state index contributed by atoms with van der Waals surface area (Å²) >= 11 is 0. The van der Waals surface area contributed by atoms with Gasteiger partial charge in [0.05, 0.1) is 26.2 Å². The molecule has 1 aromatic rings. The normalized spacial score (nSPS) is 12.9. The second kappa shape index (κ2) is 8.87. The number of hydrogen-bond acceptors (Lipinski definition) is 5. The third kappa shape index (κ3) is 5.24. The van der Waals surface area contributed by atoms with Gasteiger partial charge in [0.25, 0.3) is 0 Å². The molecule has 5 heteroatoms. The van der Waals surface area contributed by atoms with Crippen molar-refractivity contribution in [1.82, 2.24) is 5.32 Å². The summed E-state index contributed by atoms with van der Waals surface area (Å²) in [6.07, 6.45) is 0.597. The molecule has 0 radical (unpaired) electrons. The van der Waals surface area contributed by atoms with Crippen molar-refractivity contribution < 1.29 is 19.1 Å². The highest BCUT2D eigenvalue weighted by molar-refractivity contribution is 5.88. The third-order valence-corrected chi connectivity index (χ3v) is 3.44. The van der Waals surface area contributed by atoms with E-state index in [9.17, 15) is 9.59 Å². The number of esters is 2. The Morgan fingerprint density at radius 3 is 2.27 bits per heavy atom. The summed E-state index contributed by atoms with van der Waals surface area (Å²) in [5.41, 5.74) is 2.25. The number of ether oxygens (including phenoxy) is 2. The first-order valence-corrected chi connectivity index (χ1v) is 7.16. The molecule has 1 rings (SSSR count). The Morgan fingerprint density at radius 1 is 1.09 bits per heavy atom. The molecular weight excluding hydrogens is 282 g/mol. The Kier molecular flexibility index (Phi) is 7.16. The van der Waals surface area contributed by atoms with Gasteiger partial charge >= 0.3 is 11.9 Å². The number of allylic oxidation sites excluding steroid dienone is 1. The number of hydrogen-bond donors (Lipinski definition) is 1. The summed E-state index contributed by atoms with van der Waals surface area (Å²) in [6, 6.07) is 9.88. The van der Waals surface area contributed by atoms with E-state index in [0.717, 1.165) is 5.56 Å². The van der Waals surface area contributed by atoms with Gasteiger partial charge in [0.1, 0.15) is 0 Å². The molecule has 0 saturated heterocycles. The molecule has 1 aromatic carbocycles. The van der Waals surface area contributed by atoms with Crippen LogP contribution in [0.15, 0.2) is 41.6 Å². The highest BCUT2D eigenvalue weighted by atomic mass is 16.5. The highest BCUT2D eigenvalue weighted by Crippen LogP contribution is 2.18.